The highest BCUT2D eigenvalue weighted by Gasteiger charge is 2.11. The summed E-state index contributed by atoms with van der Waals surface area (Å²) in [7, 11) is 3.28. The van der Waals surface area contributed by atoms with Crippen molar-refractivity contribution in [1.82, 2.24) is 4.90 Å². The molecule has 0 heterocycles. The summed E-state index contributed by atoms with van der Waals surface area (Å²) >= 11 is 0. The molecule has 0 aromatic heterocycles. The van der Waals surface area contributed by atoms with Gasteiger partial charge >= 0.3 is 0 Å². The fourth-order valence-electron chi connectivity index (χ4n) is 2.42. The van der Waals surface area contributed by atoms with Crippen LogP contribution < -0.4 is 20.7 Å². The number of ether oxygens (including phenoxy) is 1. The predicted molar refractivity (Wildman–Crippen MR) is 114 cm³/mol. The number of carbonyl (C=O) groups is 4. The highest BCUT2D eigenvalue weighted by Crippen LogP contribution is 2.21. The molecule has 0 saturated carbocycles. The van der Waals surface area contributed by atoms with Crippen LogP contribution in [0.3, 0.4) is 0 Å². The van der Waals surface area contributed by atoms with Gasteiger partial charge in [0.2, 0.25) is 11.8 Å². The molecule has 0 saturated heterocycles. The Morgan fingerprint density at radius 3 is 1.80 bits per heavy atom. The minimum absolute atomic E-state index is 0.0828. The van der Waals surface area contributed by atoms with Gasteiger partial charge in [-0.2, -0.15) is 0 Å². The van der Waals surface area contributed by atoms with Crippen molar-refractivity contribution in [3.05, 3.63) is 48.0 Å². The molecule has 0 aliphatic heterocycles. The van der Waals surface area contributed by atoms with Gasteiger partial charge in [0.05, 0.1) is 0 Å². The highest BCUT2D eigenvalue weighted by molar-refractivity contribution is 6.06. The molecule has 4 amide bonds. The van der Waals surface area contributed by atoms with E-state index in [0.29, 0.717) is 22.8 Å². The number of benzene rings is 2. The zero-order chi connectivity index (χ0) is 22.3. The van der Waals surface area contributed by atoms with Crippen molar-refractivity contribution < 1.29 is 23.9 Å². The number of likely N-dealkylation sites (N-methyl/N-ethyl adjacent to an activating group) is 1. The summed E-state index contributed by atoms with van der Waals surface area (Å²) in [5.74, 6) is -0.704. The first-order chi connectivity index (χ1) is 14.1. The summed E-state index contributed by atoms with van der Waals surface area (Å²) in [5.41, 5.74) is 1.53. The Balaban J connectivity index is 2.11. The fourth-order valence-corrected chi connectivity index (χ4v) is 2.42. The van der Waals surface area contributed by atoms with Crippen molar-refractivity contribution in [2.75, 3.05) is 36.7 Å². The van der Waals surface area contributed by atoms with Crippen LogP contribution >= 0.6 is 0 Å². The Morgan fingerprint density at radius 1 is 0.800 bits per heavy atom. The molecule has 0 bridgehead atoms. The molecular formula is C21H24N4O5. The first kappa shape index (κ1) is 22.4. The maximum absolute atomic E-state index is 12.6. The number of nitrogens with one attached hydrogen (secondary N) is 3. The van der Waals surface area contributed by atoms with Crippen molar-refractivity contribution in [3.63, 3.8) is 0 Å². The van der Waals surface area contributed by atoms with E-state index in [1.54, 1.807) is 44.4 Å². The summed E-state index contributed by atoms with van der Waals surface area (Å²) < 4.78 is 5.39. The predicted octanol–water partition coefficient (Wildman–Crippen LogP) is 2.32. The lowest BCUT2D eigenvalue weighted by Crippen LogP contribution is -2.27. The van der Waals surface area contributed by atoms with E-state index >= 15 is 0 Å². The van der Waals surface area contributed by atoms with Crippen LogP contribution in [0.2, 0.25) is 0 Å². The molecule has 3 N–H and O–H groups in total. The Kier molecular flexibility index (Phi) is 7.51. The van der Waals surface area contributed by atoms with Gasteiger partial charge in [-0.15, -0.1) is 0 Å². The van der Waals surface area contributed by atoms with Gasteiger partial charge in [-0.1, -0.05) is 0 Å². The van der Waals surface area contributed by atoms with E-state index in [-0.39, 0.29) is 29.9 Å². The Labute approximate surface area is 174 Å². The summed E-state index contributed by atoms with van der Waals surface area (Å²) in [6.07, 6.45) is 0. The molecule has 0 atom stereocenters. The fraction of sp³-hybridized carbons (Fsp3) is 0.238. The number of hydrogen-bond acceptors (Lipinski definition) is 5. The van der Waals surface area contributed by atoms with E-state index in [1.165, 1.54) is 30.9 Å². The summed E-state index contributed by atoms with van der Waals surface area (Å²) in [4.78, 5) is 48.3. The van der Waals surface area contributed by atoms with Crippen molar-refractivity contribution >= 4 is 40.7 Å². The van der Waals surface area contributed by atoms with Crippen molar-refractivity contribution in [1.29, 1.82) is 0 Å². The van der Waals surface area contributed by atoms with Crippen molar-refractivity contribution in [2.45, 2.75) is 13.8 Å². The van der Waals surface area contributed by atoms with E-state index in [9.17, 15) is 19.2 Å². The van der Waals surface area contributed by atoms with E-state index in [0.717, 1.165) is 0 Å². The van der Waals surface area contributed by atoms with Crippen molar-refractivity contribution in [2.24, 2.45) is 0 Å². The molecule has 2 rings (SSSR count). The van der Waals surface area contributed by atoms with Crippen LogP contribution in [0.25, 0.3) is 0 Å². The molecule has 30 heavy (non-hydrogen) atoms. The molecule has 158 valence electrons. The lowest BCUT2D eigenvalue weighted by molar-refractivity contribution is -0.130. The lowest BCUT2D eigenvalue weighted by atomic mass is 10.1. The van der Waals surface area contributed by atoms with E-state index < -0.39 is 5.91 Å². The topological polar surface area (TPSA) is 117 Å². The monoisotopic (exact) mass is 412 g/mol. The molecular weight excluding hydrogens is 388 g/mol. The van der Waals surface area contributed by atoms with Gasteiger partial charge in [-0.25, -0.2) is 0 Å². The van der Waals surface area contributed by atoms with Gasteiger partial charge in [0.1, 0.15) is 5.75 Å². The average molecular weight is 412 g/mol. The van der Waals surface area contributed by atoms with E-state index in [4.69, 9.17) is 4.74 Å². The molecule has 9 heteroatoms. The van der Waals surface area contributed by atoms with Crippen LogP contribution in [0, 0.1) is 0 Å². The van der Waals surface area contributed by atoms with Gasteiger partial charge in [0.15, 0.2) is 6.61 Å². The van der Waals surface area contributed by atoms with Crippen LogP contribution in [-0.4, -0.2) is 49.2 Å². The number of anilines is 3. The molecule has 0 aliphatic rings. The molecule has 2 aromatic carbocycles. The number of hydrogen-bond donors (Lipinski definition) is 3. The number of amides is 4. The third kappa shape index (κ3) is 6.93. The van der Waals surface area contributed by atoms with Crippen molar-refractivity contribution in [3.8, 4) is 5.75 Å². The molecule has 0 fully saturated rings. The van der Waals surface area contributed by atoms with Crippen LogP contribution in [0.15, 0.2) is 42.5 Å². The largest absolute Gasteiger partial charge is 0.484 e. The SMILES string of the molecule is CC(=O)Nc1cc(NC(C)=O)cc(C(=O)Nc2ccc(OCC(=O)N(C)C)cc2)c1. The molecule has 9 nitrogen and oxygen atoms in total. The van der Waals surface area contributed by atoms with Gasteiger partial charge in [0, 0.05) is 50.6 Å². The van der Waals surface area contributed by atoms with Gasteiger partial charge in [-0.3, -0.25) is 19.2 Å². The lowest BCUT2D eigenvalue weighted by Gasteiger charge is -2.12. The van der Waals surface area contributed by atoms with Gasteiger partial charge < -0.3 is 25.6 Å². The number of nitrogens with zero attached hydrogens (tertiary/aromatic N) is 1. The molecule has 0 spiro atoms. The van der Waals surface area contributed by atoms with Crippen LogP contribution in [0.5, 0.6) is 5.75 Å². The zero-order valence-corrected chi connectivity index (χ0v) is 17.2. The number of carbonyl (C=O) groups excluding carboxylic acids is 4. The van der Waals surface area contributed by atoms with Crippen LogP contribution in [-0.2, 0) is 14.4 Å². The molecule has 2 aromatic rings. The maximum atomic E-state index is 12.6. The standard InChI is InChI=1S/C21H24N4O5/c1-13(26)22-17-9-15(10-18(11-17)23-14(2)27)21(29)24-16-5-7-19(8-6-16)30-12-20(28)25(3)4/h5-11H,12H2,1-4H3,(H,22,26)(H,23,27)(H,24,29). The summed E-state index contributed by atoms with van der Waals surface area (Å²) in [6, 6.07) is 11.1. The van der Waals surface area contributed by atoms with Crippen LogP contribution in [0.1, 0.15) is 24.2 Å². The molecule has 0 radical (unpaired) electrons. The quantitative estimate of drug-likeness (QED) is 0.645. The third-order valence-electron chi connectivity index (χ3n) is 3.81. The van der Waals surface area contributed by atoms with Crippen LogP contribution in [0.4, 0.5) is 17.1 Å². The smallest absolute Gasteiger partial charge is 0.259 e. The minimum Gasteiger partial charge on any atom is -0.484 e. The first-order valence-electron chi connectivity index (χ1n) is 9.08. The molecule has 0 unspecified atom stereocenters. The Bertz CT molecular complexity index is 920. The minimum atomic E-state index is -0.426. The summed E-state index contributed by atoms with van der Waals surface area (Å²) in [5, 5.41) is 7.93. The second-order valence-corrected chi connectivity index (χ2v) is 6.72. The maximum Gasteiger partial charge on any atom is 0.259 e. The second-order valence-electron chi connectivity index (χ2n) is 6.72. The van der Waals surface area contributed by atoms with Gasteiger partial charge in [0.25, 0.3) is 11.8 Å². The van der Waals surface area contributed by atoms with E-state index in [1.807, 2.05) is 0 Å². The summed E-state index contributed by atoms with van der Waals surface area (Å²) in [6.45, 7) is 2.61. The van der Waals surface area contributed by atoms with Gasteiger partial charge in [-0.05, 0) is 42.5 Å². The average Bonchev–Trinajstić information content (AvgIpc) is 2.65. The Hall–Kier alpha value is -3.88. The third-order valence-corrected chi connectivity index (χ3v) is 3.81. The zero-order valence-electron chi connectivity index (χ0n) is 17.2. The van der Waals surface area contributed by atoms with E-state index in [2.05, 4.69) is 16.0 Å². The highest BCUT2D eigenvalue weighted by atomic mass is 16.5. The normalized spacial score (nSPS) is 10.0. The number of rotatable bonds is 7. The second kappa shape index (κ2) is 10.1. The molecule has 0 aliphatic carbocycles. The Morgan fingerprint density at radius 2 is 1.33 bits per heavy atom. The first-order valence-corrected chi connectivity index (χ1v) is 9.08.